The summed E-state index contributed by atoms with van der Waals surface area (Å²) in [5.41, 5.74) is 9.50. The van der Waals surface area contributed by atoms with Gasteiger partial charge in [-0.1, -0.05) is 24.3 Å². The van der Waals surface area contributed by atoms with Gasteiger partial charge in [-0.2, -0.15) is 0 Å². The van der Waals surface area contributed by atoms with Crippen molar-refractivity contribution in [1.82, 2.24) is 0 Å². The van der Waals surface area contributed by atoms with E-state index < -0.39 is 6.03 Å². The number of carbonyl (C=O) groups is 1. The van der Waals surface area contributed by atoms with Gasteiger partial charge >= 0.3 is 6.03 Å². The SMILES string of the molecule is NC(=O)Nc1ccc(NCc2ccc(C3CC3)cc2)cc1. The molecule has 0 heterocycles. The summed E-state index contributed by atoms with van der Waals surface area (Å²) < 4.78 is 0. The number of carbonyl (C=O) groups excluding carboxylic acids is 1. The second-order valence-electron chi connectivity index (χ2n) is 5.44. The summed E-state index contributed by atoms with van der Waals surface area (Å²) >= 11 is 0. The number of hydrogen-bond acceptors (Lipinski definition) is 2. The smallest absolute Gasteiger partial charge is 0.316 e. The molecule has 3 rings (SSSR count). The first-order chi connectivity index (χ1) is 10.2. The van der Waals surface area contributed by atoms with Gasteiger partial charge in [0.25, 0.3) is 0 Å². The maximum atomic E-state index is 10.7. The fraction of sp³-hybridized carbons (Fsp3) is 0.235. The molecule has 0 atom stereocenters. The van der Waals surface area contributed by atoms with E-state index in [1.165, 1.54) is 24.0 Å². The van der Waals surface area contributed by atoms with Crippen LogP contribution < -0.4 is 16.4 Å². The van der Waals surface area contributed by atoms with Gasteiger partial charge in [0.05, 0.1) is 0 Å². The number of amides is 2. The van der Waals surface area contributed by atoms with Crippen LogP contribution in [0.4, 0.5) is 16.2 Å². The van der Waals surface area contributed by atoms with Gasteiger partial charge in [0.1, 0.15) is 0 Å². The Labute approximate surface area is 124 Å². The van der Waals surface area contributed by atoms with E-state index in [0.29, 0.717) is 5.69 Å². The summed E-state index contributed by atoms with van der Waals surface area (Å²) in [5, 5.41) is 5.90. The van der Waals surface area contributed by atoms with E-state index in [1.54, 1.807) is 0 Å². The van der Waals surface area contributed by atoms with Crippen molar-refractivity contribution < 1.29 is 4.79 Å². The lowest BCUT2D eigenvalue weighted by Crippen LogP contribution is -2.19. The third-order valence-corrected chi connectivity index (χ3v) is 3.68. The molecule has 108 valence electrons. The highest BCUT2D eigenvalue weighted by atomic mass is 16.2. The van der Waals surface area contributed by atoms with Gasteiger partial charge < -0.3 is 16.4 Å². The summed E-state index contributed by atoms with van der Waals surface area (Å²) in [6.07, 6.45) is 2.67. The van der Waals surface area contributed by atoms with Crippen molar-refractivity contribution in [2.24, 2.45) is 5.73 Å². The van der Waals surface area contributed by atoms with E-state index in [9.17, 15) is 4.79 Å². The van der Waals surface area contributed by atoms with E-state index in [1.807, 2.05) is 24.3 Å². The molecule has 4 heteroatoms. The average Bonchev–Trinajstić information content (AvgIpc) is 3.31. The fourth-order valence-electron chi connectivity index (χ4n) is 2.34. The molecule has 4 N–H and O–H groups in total. The Morgan fingerprint density at radius 2 is 1.62 bits per heavy atom. The molecule has 0 aromatic heterocycles. The minimum absolute atomic E-state index is 0.550. The number of anilines is 2. The van der Waals surface area contributed by atoms with Crippen LogP contribution in [-0.2, 0) is 6.54 Å². The molecule has 1 aliphatic rings. The number of nitrogens with two attached hydrogens (primary N) is 1. The molecule has 4 nitrogen and oxygen atoms in total. The number of hydrogen-bond donors (Lipinski definition) is 3. The van der Waals surface area contributed by atoms with E-state index in [0.717, 1.165) is 18.2 Å². The van der Waals surface area contributed by atoms with E-state index >= 15 is 0 Å². The molecule has 1 aliphatic carbocycles. The topological polar surface area (TPSA) is 67.2 Å². The molecule has 2 aromatic carbocycles. The third-order valence-electron chi connectivity index (χ3n) is 3.68. The highest BCUT2D eigenvalue weighted by molar-refractivity contribution is 5.87. The Hall–Kier alpha value is -2.49. The van der Waals surface area contributed by atoms with Gasteiger partial charge in [0.15, 0.2) is 0 Å². The second-order valence-corrected chi connectivity index (χ2v) is 5.44. The van der Waals surface area contributed by atoms with Crippen molar-refractivity contribution in [3.8, 4) is 0 Å². The van der Waals surface area contributed by atoms with E-state index in [2.05, 4.69) is 34.9 Å². The van der Waals surface area contributed by atoms with Gasteiger partial charge in [-0.05, 0) is 54.2 Å². The van der Waals surface area contributed by atoms with Crippen LogP contribution in [0.25, 0.3) is 0 Å². The van der Waals surface area contributed by atoms with Gasteiger partial charge in [0, 0.05) is 17.9 Å². The van der Waals surface area contributed by atoms with Crippen LogP contribution in [0, 0.1) is 0 Å². The summed E-state index contributed by atoms with van der Waals surface area (Å²) in [6, 6.07) is 15.8. The summed E-state index contributed by atoms with van der Waals surface area (Å²) in [6.45, 7) is 0.785. The molecule has 0 bridgehead atoms. The second kappa shape index (κ2) is 5.87. The number of nitrogens with one attached hydrogen (secondary N) is 2. The van der Waals surface area contributed by atoms with Crippen molar-refractivity contribution in [2.75, 3.05) is 10.6 Å². The zero-order valence-corrected chi connectivity index (χ0v) is 11.8. The van der Waals surface area contributed by atoms with Crippen LogP contribution in [0.3, 0.4) is 0 Å². The molecule has 2 amide bonds. The molecule has 0 saturated heterocycles. The molecular formula is C17H19N3O. The lowest BCUT2D eigenvalue weighted by molar-refractivity contribution is 0.259. The summed E-state index contributed by atoms with van der Waals surface area (Å²) in [5.74, 6) is 0.803. The highest BCUT2D eigenvalue weighted by Gasteiger charge is 2.22. The maximum Gasteiger partial charge on any atom is 0.316 e. The zero-order valence-electron chi connectivity index (χ0n) is 11.8. The quantitative estimate of drug-likeness (QED) is 0.782. The van der Waals surface area contributed by atoms with Crippen LogP contribution in [0.2, 0.25) is 0 Å². The van der Waals surface area contributed by atoms with Crippen molar-refractivity contribution in [3.05, 3.63) is 59.7 Å². The number of primary amides is 1. The largest absolute Gasteiger partial charge is 0.381 e. The normalized spacial score (nSPS) is 13.7. The molecule has 0 spiro atoms. The first-order valence-electron chi connectivity index (χ1n) is 7.20. The standard InChI is InChI=1S/C17H19N3O/c18-17(21)20-16-9-7-15(8-10-16)19-11-12-1-3-13(4-2-12)14-5-6-14/h1-4,7-10,14,19H,5-6,11H2,(H3,18,20,21). The molecule has 0 aliphatic heterocycles. The Bertz CT molecular complexity index is 615. The van der Waals surface area contributed by atoms with Crippen molar-refractivity contribution >= 4 is 17.4 Å². The molecule has 1 saturated carbocycles. The lowest BCUT2D eigenvalue weighted by Gasteiger charge is -2.08. The van der Waals surface area contributed by atoms with E-state index in [4.69, 9.17) is 5.73 Å². The highest BCUT2D eigenvalue weighted by Crippen LogP contribution is 2.39. The first kappa shape index (κ1) is 13.5. The van der Waals surface area contributed by atoms with Crippen LogP contribution in [0.5, 0.6) is 0 Å². The maximum absolute atomic E-state index is 10.7. The van der Waals surface area contributed by atoms with Gasteiger partial charge in [-0.25, -0.2) is 4.79 Å². The predicted octanol–water partition coefficient (Wildman–Crippen LogP) is 3.67. The van der Waals surface area contributed by atoms with Gasteiger partial charge in [0.2, 0.25) is 0 Å². The monoisotopic (exact) mass is 281 g/mol. The number of rotatable bonds is 5. The van der Waals surface area contributed by atoms with Crippen molar-refractivity contribution in [2.45, 2.75) is 25.3 Å². The Morgan fingerprint density at radius 3 is 2.19 bits per heavy atom. The molecule has 0 unspecified atom stereocenters. The Kier molecular flexibility index (Phi) is 3.77. The number of urea groups is 1. The minimum Gasteiger partial charge on any atom is -0.381 e. The Morgan fingerprint density at radius 1 is 1.00 bits per heavy atom. The molecule has 21 heavy (non-hydrogen) atoms. The van der Waals surface area contributed by atoms with Crippen LogP contribution in [0.15, 0.2) is 48.5 Å². The third kappa shape index (κ3) is 3.75. The Balaban J connectivity index is 1.55. The summed E-state index contributed by atoms with van der Waals surface area (Å²) in [7, 11) is 0. The van der Waals surface area contributed by atoms with Gasteiger partial charge in [-0.3, -0.25) is 0 Å². The van der Waals surface area contributed by atoms with Crippen LogP contribution >= 0.6 is 0 Å². The predicted molar refractivity (Wildman–Crippen MR) is 85.4 cm³/mol. The van der Waals surface area contributed by atoms with Crippen LogP contribution in [-0.4, -0.2) is 6.03 Å². The zero-order chi connectivity index (χ0) is 14.7. The molecule has 1 fully saturated rings. The van der Waals surface area contributed by atoms with Crippen LogP contribution in [0.1, 0.15) is 29.9 Å². The summed E-state index contributed by atoms with van der Waals surface area (Å²) in [4.78, 5) is 10.7. The minimum atomic E-state index is -0.550. The number of benzene rings is 2. The van der Waals surface area contributed by atoms with E-state index in [-0.39, 0.29) is 0 Å². The first-order valence-corrected chi connectivity index (χ1v) is 7.20. The lowest BCUT2D eigenvalue weighted by atomic mass is 10.1. The average molecular weight is 281 g/mol. The van der Waals surface area contributed by atoms with Crippen molar-refractivity contribution in [3.63, 3.8) is 0 Å². The fourth-order valence-corrected chi connectivity index (χ4v) is 2.34. The molecule has 2 aromatic rings. The van der Waals surface area contributed by atoms with Crippen molar-refractivity contribution in [1.29, 1.82) is 0 Å². The molecular weight excluding hydrogens is 262 g/mol. The van der Waals surface area contributed by atoms with Gasteiger partial charge in [-0.15, -0.1) is 0 Å². The molecule has 0 radical (unpaired) electrons.